The first-order chi connectivity index (χ1) is 13.4. The number of rotatable bonds is 7. The zero-order valence-electron chi connectivity index (χ0n) is 16.0. The highest BCUT2D eigenvalue weighted by Gasteiger charge is 2.08. The molecule has 0 aliphatic carbocycles. The van der Waals surface area contributed by atoms with Crippen molar-refractivity contribution in [3.05, 3.63) is 58.3 Å². The molecule has 0 radical (unpaired) electrons. The van der Waals surface area contributed by atoms with Crippen LogP contribution in [0.4, 0.5) is 5.82 Å². The Morgan fingerprint density at radius 3 is 2.71 bits per heavy atom. The highest BCUT2D eigenvalue weighted by molar-refractivity contribution is 5.75. The van der Waals surface area contributed by atoms with Crippen LogP contribution in [0.2, 0.25) is 0 Å². The minimum atomic E-state index is -0.260. The molecule has 0 atom stereocenters. The van der Waals surface area contributed by atoms with Gasteiger partial charge in [0.05, 0.1) is 12.0 Å². The van der Waals surface area contributed by atoms with E-state index in [2.05, 4.69) is 30.7 Å². The molecule has 0 aliphatic rings. The average molecular weight is 382 g/mol. The minimum Gasteiger partial charge on any atom is -0.368 e. The first-order valence-electron chi connectivity index (χ1n) is 8.82. The Kier molecular flexibility index (Phi) is 5.78. The van der Waals surface area contributed by atoms with Crippen molar-refractivity contribution in [2.45, 2.75) is 27.3 Å². The quantitative estimate of drug-likeness (QED) is 0.567. The van der Waals surface area contributed by atoms with Crippen LogP contribution in [0.25, 0.3) is 5.82 Å². The molecule has 1 amide bonds. The van der Waals surface area contributed by atoms with E-state index in [1.165, 1.54) is 17.2 Å². The van der Waals surface area contributed by atoms with E-state index in [1.54, 1.807) is 24.6 Å². The van der Waals surface area contributed by atoms with Crippen molar-refractivity contribution in [3.63, 3.8) is 0 Å². The molecule has 0 saturated heterocycles. The van der Waals surface area contributed by atoms with Gasteiger partial charge in [-0.2, -0.15) is 5.10 Å². The van der Waals surface area contributed by atoms with E-state index in [0.717, 1.165) is 5.69 Å². The molecule has 0 aromatic carbocycles. The molecule has 28 heavy (non-hydrogen) atoms. The summed E-state index contributed by atoms with van der Waals surface area (Å²) < 4.78 is 2.97. The summed E-state index contributed by atoms with van der Waals surface area (Å²) in [5.41, 5.74) is 1.90. The van der Waals surface area contributed by atoms with Gasteiger partial charge in [-0.15, -0.1) is 0 Å². The zero-order chi connectivity index (χ0) is 20.1. The van der Waals surface area contributed by atoms with E-state index in [4.69, 9.17) is 0 Å². The fourth-order valence-electron chi connectivity index (χ4n) is 2.50. The predicted octanol–water partition coefficient (Wildman–Crippen LogP) is 0.373. The third-order valence-electron chi connectivity index (χ3n) is 4.19. The van der Waals surface area contributed by atoms with Crippen molar-refractivity contribution >= 4 is 11.7 Å². The number of carbonyl (C=O) groups is 1. The van der Waals surface area contributed by atoms with Gasteiger partial charge in [0, 0.05) is 36.6 Å². The third-order valence-corrected chi connectivity index (χ3v) is 4.19. The first kappa shape index (κ1) is 19.2. The van der Waals surface area contributed by atoms with Gasteiger partial charge >= 0.3 is 0 Å². The lowest BCUT2D eigenvalue weighted by Crippen LogP contribution is -2.35. The maximum atomic E-state index is 12.1. The van der Waals surface area contributed by atoms with Crippen LogP contribution in [-0.2, 0) is 11.3 Å². The van der Waals surface area contributed by atoms with Crippen LogP contribution in [0.1, 0.15) is 17.0 Å². The van der Waals surface area contributed by atoms with Gasteiger partial charge in [-0.05, 0) is 26.8 Å². The molecule has 0 bridgehead atoms. The fourth-order valence-corrected chi connectivity index (χ4v) is 2.50. The van der Waals surface area contributed by atoms with Crippen molar-refractivity contribution in [3.8, 4) is 5.82 Å². The maximum Gasteiger partial charge on any atom is 0.256 e. The molecule has 2 N–H and O–H groups in total. The van der Waals surface area contributed by atoms with Crippen molar-refractivity contribution < 1.29 is 4.79 Å². The van der Waals surface area contributed by atoms with E-state index >= 15 is 0 Å². The molecule has 10 nitrogen and oxygen atoms in total. The van der Waals surface area contributed by atoms with Crippen LogP contribution >= 0.6 is 0 Å². The summed E-state index contributed by atoms with van der Waals surface area (Å²) in [6, 6.07) is 3.66. The molecule has 0 spiro atoms. The lowest BCUT2D eigenvalue weighted by Gasteiger charge is -2.10. The van der Waals surface area contributed by atoms with Gasteiger partial charge in [0.25, 0.3) is 5.56 Å². The molecule has 0 unspecified atom stereocenters. The van der Waals surface area contributed by atoms with Gasteiger partial charge in [0.2, 0.25) is 5.91 Å². The lowest BCUT2D eigenvalue weighted by atomic mass is 10.3. The molecule has 3 aromatic rings. The monoisotopic (exact) mass is 382 g/mol. The number of anilines is 1. The summed E-state index contributed by atoms with van der Waals surface area (Å²) in [5, 5.41) is 10.2. The van der Waals surface area contributed by atoms with Crippen LogP contribution in [0.15, 0.2) is 35.8 Å². The van der Waals surface area contributed by atoms with Gasteiger partial charge in [-0.25, -0.2) is 19.6 Å². The molecule has 146 valence electrons. The summed E-state index contributed by atoms with van der Waals surface area (Å²) in [5.74, 6) is 1.02. The highest BCUT2D eigenvalue weighted by Crippen LogP contribution is 2.08. The van der Waals surface area contributed by atoms with Crippen LogP contribution < -0.4 is 16.2 Å². The van der Waals surface area contributed by atoms with Crippen molar-refractivity contribution in [2.24, 2.45) is 0 Å². The van der Waals surface area contributed by atoms with Gasteiger partial charge in [0.1, 0.15) is 18.7 Å². The third kappa shape index (κ3) is 4.58. The van der Waals surface area contributed by atoms with Gasteiger partial charge in [-0.3, -0.25) is 14.2 Å². The lowest BCUT2D eigenvalue weighted by molar-refractivity contribution is -0.121. The average Bonchev–Trinajstić information content (AvgIpc) is 3.12. The largest absolute Gasteiger partial charge is 0.368 e. The second-order valence-electron chi connectivity index (χ2n) is 6.33. The molecular weight excluding hydrogens is 360 g/mol. The molecule has 3 rings (SSSR count). The van der Waals surface area contributed by atoms with E-state index in [1.807, 2.05) is 19.2 Å². The molecule has 0 saturated carbocycles. The van der Waals surface area contributed by atoms with Crippen molar-refractivity contribution in [2.75, 3.05) is 18.4 Å². The van der Waals surface area contributed by atoms with Crippen LogP contribution in [0.3, 0.4) is 0 Å². The normalized spacial score (nSPS) is 10.7. The molecule has 10 heteroatoms. The number of amides is 1. The number of nitrogens with zero attached hydrogens (tertiary/aromatic N) is 6. The zero-order valence-corrected chi connectivity index (χ0v) is 16.0. The summed E-state index contributed by atoms with van der Waals surface area (Å²) in [6.45, 7) is 6.15. The Morgan fingerprint density at radius 1 is 1.14 bits per heavy atom. The Labute approximate surface area is 161 Å². The van der Waals surface area contributed by atoms with Crippen molar-refractivity contribution in [1.82, 2.24) is 34.6 Å². The number of hydrogen-bond donors (Lipinski definition) is 2. The van der Waals surface area contributed by atoms with Crippen LogP contribution in [0.5, 0.6) is 0 Å². The van der Waals surface area contributed by atoms with Crippen LogP contribution in [0, 0.1) is 20.8 Å². The number of aryl methyl sites for hydroxylation is 2. The maximum absolute atomic E-state index is 12.1. The van der Waals surface area contributed by atoms with Gasteiger partial charge in [-0.1, -0.05) is 0 Å². The topological polar surface area (TPSA) is 120 Å². The molecule has 0 fully saturated rings. The second-order valence-corrected chi connectivity index (χ2v) is 6.33. The smallest absolute Gasteiger partial charge is 0.256 e. The number of carbonyl (C=O) groups excluding carboxylic acids is 1. The van der Waals surface area contributed by atoms with Gasteiger partial charge in [0.15, 0.2) is 5.82 Å². The number of aromatic nitrogens is 6. The minimum absolute atomic E-state index is 0.0662. The van der Waals surface area contributed by atoms with E-state index < -0.39 is 0 Å². The Hall–Kier alpha value is -3.56. The van der Waals surface area contributed by atoms with Crippen molar-refractivity contribution in [1.29, 1.82) is 0 Å². The summed E-state index contributed by atoms with van der Waals surface area (Å²) >= 11 is 0. The SMILES string of the molecule is Cc1ccn(-c2cc(NCCNC(=O)Cn3cnc(C)c(C)c3=O)ncn2)n1. The Balaban J connectivity index is 1.49. The van der Waals surface area contributed by atoms with Gasteiger partial charge < -0.3 is 10.6 Å². The van der Waals surface area contributed by atoms with Crippen LogP contribution in [-0.4, -0.2) is 48.3 Å². The number of hydrogen-bond acceptors (Lipinski definition) is 7. The summed E-state index contributed by atoms with van der Waals surface area (Å²) in [7, 11) is 0. The fraction of sp³-hybridized carbons (Fsp3) is 0.333. The molecule has 3 aromatic heterocycles. The van der Waals surface area contributed by atoms with E-state index in [9.17, 15) is 9.59 Å². The Morgan fingerprint density at radius 2 is 1.96 bits per heavy atom. The number of nitrogens with one attached hydrogen (secondary N) is 2. The Bertz CT molecular complexity index is 1040. The highest BCUT2D eigenvalue weighted by atomic mass is 16.2. The van der Waals surface area contributed by atoms with E-state index in [-0.39, 0.29) is 18.0 Å². The molecule has 3 heterocycles. The second kappa shape index (κ2) is 8.42. The summed E-state index contributed by atoms with van der Waals surface area (Å²) in [6.07, 6.45) is 4.67. The standard InChI is InChI=1S/C18H22N8O2/c1-12-4-7-26(24-12)16-8-15(21-10-22-16)19-5-6-20-17(27)9-25-11-23-14(3)13(2)18(25)28/h4,7-8,10-11H,5-6,9H2,1-3H3,(H,20,27)(H,19,21,22). The summed E-state index contributed by atoms with van der Waals surface area (Å²) in [4.78, 5) is 36.6. The predicted molar refractivity (Wildman–Crippen MR) is 103 cm³/mol. The molecular formula is C18H22N8O2. The van der Waals surface area contributed by atoms with E-state index in [0.29, 0.717) is 36.0 Å². The molecule has 0 aliphatic heterocycles. The first-order valence-corrected chi connectivity index (χ1v) is 8.82.